The first-order valence-electron chi connectivity index (χ1n) is 5.60. The largest absolute Gasteiger partial charge is 0.381 e. The molecular formula is C11H14ClN3O4S. The van der Waals surface area contributed by atoms with Crippen LogP contribution in [-0.2, 0) is 10.8 Å². The predicted molar refractivity (Wildman–Crippen MR) is 78.9 cm³/mol. The third-order valence-corrected chi connectivity index (χ3v) is 3.53. The molecular weight excluding hydrogens is 306 g/mol. The highest BCUT2D eigenvalue weighted by molar-refractivity contribution is 7.84. The summed E-state index contributed by atoms with van der Waals surface area (Å²) in [6.07, 6.45) is 1.52. The van der Waals surface area contributed by atoms with Crippen LogP contribution in [0.3, 0.4) is 0 Å². The minimum atomic E-state index is -1.02. The van der Waals surface area contributed by atoms with E-state index in [0.717, 1.165) is 6.07 Å². The number of nitrogens with zero attached hydrogens (tertiary/aromatic N) is 1. The van der Waals surface area contributed by atoms with Crippen molar-refractivity contribution < 1.29 is 13.9 Å². The zero-order valence-electron chi connectivity index (χ0n) is 10.9. The number of nitrogens with one attached hydrogen (secondary N) is 2. The number of hydrogen-bond donors (Lipinski definition) is 2. The van der Waals surface area contributed by atoms with Gasteiger partial charge in [-0.2, -0.15) is 0 Å². The molecule has 0 bridgehead atoms. The Morgan fingerprint density at radius 2 is 2.15 bits per heavy atom. The molecule has 20 heavy (non-hydrogen) atoms. The number of benzene rings is 1. The lowest BCUT2D eigenvalue weighted by Crippen LogP contribution is -2.27. The fourth-order valence-electron chi connectivity index (χ4n) is 1.53. The van der Waals surface area contributed by atoms with Crippen LogP contribution in [0.1, 0.15) is 10.4 Å². The van der Waals surface area contributed by atoms with E-state index in [0.29, 0.717) is 5.75 Å². The molecule has 1 rings (SSSR count). The number of carbonyl (C=O) groups excluding carboxylic acids is 1. The zero-order chi connectivity index (χ0) is 15.3. The number of nitro groups is 1. The minimum Gasteiger partial charge on any atom is -0.381 e. The molecule has 1 unspecified atom stereocenters. The number of hydrogen-bond acceptors (Lipinski definition) is 5. The maximum Gasteiger partial charge on any atom is 0.294 e. The van der Waals surface area contributed by atoms with Crippen molar-refractivity contribution in [3.8, 4) is 0 Å². The third kappa shape index (κ3) is 4.17. The van der Waals surface area contributed by atoms with Gasteiger partial charge in [0.05, 0.1) is 9.95 Å². The monoisotopic (exact) mass is 319 g/mol. The predicted octanol–water partition coefficient (Wildman–Crippen LogP) is 1.40. The second kappa shape index (κ2) is 7.20. The molecule has 0 heterocycles. The number of carbonyl (C=O) groups is 1. The molecule has 7 nitrogen and oxygen atoms in total. The van der Waals surface area contributed by atoms with Gasteiger partial charge >= 0.3 is 0 Å². The van der Waals surface area contributed by atoms with Gasteiger partial charge in [-0.05, 0) is 6.07 Å². The number of rotatable bonds is 6. The average Bonchev–Trinajstić information content (AvgIpc) is 2.36. The normalized spacial score (nSPS) is 11.8. The highest BCUT2D eigenvalue weighted by atomic mass is 35.5. The van der Waals surface area contributed by atoms with Gasteiger partial charge in [0.2, 0.25) is 0 Å². The molecule has 0 aliphatic rings. The van der Waals surface area contributed by atoms with Crippen LogP contribution in [0.4, 0.5) is 11.4 Å². The first-order chi connectivity index (χ1) is 9.36. The number of anilines is 1. The molecule has 1 amide bonds. The van der Waals surface area contributed by atoms with E-state index in [1.54, 1.807) is 0 Å². The second-order valence-electron chi connectivity index (χ2n) is 3.89. The Morgan fingerprint density at radius 1 is 1.50 bits per heavy atom. The van der Waals surface area contributed by atoms with E-state index in [9.17, 15) is 19.1 Å². The lowest BCUT2D eigenvalue weighted by molar-refractivity contribution is -0.383. The van der Waals surface area contributed by atoms with Gasteiger partial charge in [0, 0.05) is 48.0 Å². The van der Waals surface area contributed by atoms with E-state index in [1.165, 1.54) is 19.4 Å². The molecule has 1 aromatic rings. The molecule has 1 aromatic carbocycles. The van der Waals surface area contributed by atoms with Crippen molar-refractivity contribution in [3.05, 3.63) is 32.8 Å². The zero-order valence-corrected chi connectivity index (χ0v) is 12.5. The standard InChI is InChI=1S/C11H14ClN3O4S/c1-13-10-8(12)5-7(6-9(10)15(17)18)11(16)14-3-4-20(2)19/h5-6,13H,3-4H2,1-2H3,(H,14,16). The second-order valence-corrected chi connectivity index (χ2v) is 5.85. The van der Waals surface area contributed by atoms with Gasteiger partial charge in [0.25, 0.3) is 11.6 Å². The van der Waals surface area contributed by atoms with Gasteiger partial charge in [-0.3, -0.25) is 19.1 Å². The number of amides is 1. The molecule has 110 valence electrons. The lowest BCUT2D eigenvalue weighted by Gasteiger charge is -2.08. The molecule has 0 aromatic heterocycles. The number of nitro benzene ring substituents is 1. The molecule has 2 N–H and O–H groups in total. The van der Waals surface area contributed by atoms with E-state index in [2.05, 4.69) is 10.6 Å². The Bertz CT molecular complexity index is 565. The van der Waals surface area contributed by atoms with Gasteiger partial charge in [0.15, 0.2) is 0 Å². The molecule has 0 aliphatic heterocycles. The van der Waals surface area contributed by atoms with E-state index >= 15 is 0 Å². The summed E-state index contributed by atoms with van der Waals surface area (Å²) in [6.45, 7) is 0.223. The topological polar surface area (TPSA) is 101 Å². The third-order valence-electron chi connectivity index (χ3n) is 2.45. The van der Waals surface area contributed by atoms with Crippen LogP contribution in [0.2, 0.25) is 5.02 Å². The van der Waals surface area contributed by atoms with Crippen LogP contribution in [-0.4, -0.2) is 40.6 Å². The highest BCUT2D eigenvalue weighted by Gasteiger charge is 2.20. The molecule has 0 saturated carbocycles. The fraction of sp³-hybridized carbons (Fsp3) is 0.364. The van der Waals surface area contributed by atoms with E-state index in [-0.39, 0.29) is 28.5 Å². The summed E-state index contributed by atoms with van der Waals surface area (Å²) < 4.78 is 10.9. The van der Waals surface area contributed by atoms with Gasteiger partial charge in [0.1, 0.15) is 5.69 Å². The molecule has 1 atom stereocenters. The maximum atomic E-state index is 11.8. The lowest BCUT2D eigenvalue weighted by atomic mass is 10.1. The Morgan fingerprint density at radius 3 is 2.65 bits per heavy atom. The van der Waals surface area contributed by atoms with E-state index in [4.69, 9.17) is 11.6 Å². The van der Waals surface area contributed by atoms with Crippen LogP contribution >= 0.6 is 11.6 Å². The van der Waals surface area contributed by atoms with Gasteiger partial charge in [-0.25, -0.2) is 0 Å². The maximum absolute atomic E-state index is 11.8. The molecule has 0 radical (unpaired) electrons. The van der Waals surface area contributed by atoms with Crippen LogP contribution in [0.15, 0.2) is 12.1 Å². The number of halogens is 1. The summed E-state index contributed by atoms with van der Waals surface area (Å²) in [5.74, 6) is -0.181. The Labute approximate surface area is 123 Å². The van der Waals surface area contributed by atoms with Crippen LogP contribution in [0, 0.1) is 10.1 Å². The van der Waals surface area contributed by atoms with Gasteiger partial charge < -0.3 is 10.6 Å². The van der Waals surface area contributed by atoms with E-state index < -0.39 is 21.6 Å². The molecule has 0 fully saturated rings. The van der Waals surface area contributed by atoms with Crippen molar-refractivity contribution in [2.24, 2.45) is 0 Å². The first-order valence-corrected chi connectivity index (χ1v) is 7.71. The van der Waals surface area contributed by atoms with Gasteiger partial charge in [-0.1, -0.05) is 11.6 Å². The Kier molecular flexibility index (Phi) is 5.90. The SMILES string of the molecule is CNc1c(Cl)cc(C(=O)NCCS(C)=O)cc1[N+](=O)[O-]. The smallest absolute Gasteiger partial charge is 0.294 e. The fourth-order valence-corrected chi connectivity index (χ4v) is 2.22. The van der Waals surface area contributed by atoms with Crippen molar-refractivity contribution >= 4 is 39.7 Å². The summed E-state index contributed by atoms with van der Waals surface area (Å²) in [5.41, 5.74) is -0.0327. The van der Waals surface area contributed by atoms with Crippen molar-refractivity contribution in [3.63, 3.8) is 0 Å². The molecule has 0 saturated heterocycles. The summed E-state index contributed by atoms with van der Waals surface area (Å²) in [4.78, 5) is 22.2. The average molecular weight is 320 g/mol. The first kappa shape index (κ1) is 16.4. The summed E-state index contributed by atoms with van der Waals surface area (Å²) in [5, 5.41) is 16.2. The van der Waals surface area contributed by atoms with Crippen molar-refractivity contribution in [2.75, 3.05) is 30.9 Å². The van der Waals surface area contributed by atoms with Crippen LogP contribution in [0.25, 0.3) is 0 Å². The highest BCUT2D eigenvalue weighted by Crippen LogP contribution is 2.33. The summed E-state index contributed by atoms with van der Waals surface area (Å²) >= 11 is 5.91. The van der Waals surface area contributed by atoms with Crippen molar-refractivity contribution in [1.82, 2.24) is 5.32 Å². The molecule has 0 aliphatic carbocycles. The molecule has 0 spiro atoms. The van der Waals surface area contributed by atoms with Crippen molar-refractivity contribution in [2.45, 2.75) is 0 Å². The summed E-state index contributed by atoms with van der Waals surface area (Å²) in [7, 11) is 0.486. The van der Waals surface area contributed by atoms with Crippen LogP contribution < -0.4 is 10.6 Å². The quantitative estimate of drug-likeness (QED) is 0.609. The summed E-state index contributed by atoms with van der Waals surface area (Å²) in [6, 6.07) is 2.49. The van der Waals surface area contributed by atoms with Gasteiger partial charge in [-0.15, -0.1) is 0 Å². The molecule has 9 heteroatoms. The van der Waals surface area contributed by atoms with Crippen molar-refractivity contribution in [1.29, 1.82) is 0 Å². The van der Waals surface area contributed by atoms with Crippen LogP contribution in [0.5, 0.6) is 0 Å². The Balaban J connectivity index is 2.99. The van der Waals surface area contributed by atoms with E-state index in [1.807, 2.05) is 0 Å². The Hall–Kier alpha value is -1.67. The minimum absolute atomic E-state index is 0.0857.